The summed E-state index contributed by atoms with van der Waals surface area (Å²) < 4.78 is 0. The summed E-state index contributed by atoms with van der Waals surface area (Å²) in [5.41, 5.74) is 1.51. The van der Waals surface area contributed by atoms with Crippen molar-refractivity contribution in [1.82, 2.24) is 9.97 Å². The van der Waals surface area contributed by atoms with E-state index in [9.17, 15) is 0 Å². The molecule has 0 aliphatic heterocycles. The van der Waals surface area contributed by atoms with E-state index in [0.29, 0.717) is 5.41 Å². The molecule has 1 saturated carbocycles. The lowest BCUT2D eigenvalue weighted by Gasteiger charge is -2.30. The van der Waals surface area contributed by atoms with Crippen LogP contribution in [0.15, 0.2) is 17.4 Å². The fourth-order valence-corrected chi connectivity index (χ4v) is 4.70. The van der Waals surface area contributed by atoms with Gasteiger partial charge in [-0.25, -0.2) is 9.97 Å². The van der Waals surface area contributed by atoms with Gasteiger partial charge in [0.2, 0.25) is 0 Å². The van der Waals surface area contributed by atoms with Crippen LogP contribution in [0, 0.1) is 12.3 Å². The molecule has 0 aromatic carbocycles. The van der Waals surface area contributed by atoms with E-state index in [1.165, 1.54) is 38.5 Å². The topological polar surface area (TPSA) is 25.8 Å². The minimum Gasteiger partial charge on any atom is -0.231 e. The largest absolute Gasteiger partial charge is 0.231 e. The van der Waals surface area contributed by atoms with Gasteiger partial charge in [-0.3, -0.25) is 0 Å². The second kappa shape index (κ2) is 6.90. The van der Waals surface area contributed by atoms with Gasteiger partial charge in [0.05, 0.1) is 0 Å². The number of hydrogen-bond acceptors (Lipinski definition) is 3. The second-order valence-corrected chi connectivity index (χ2v) is 6.82. The van der Waals surface area contributed by atoms with Gasteiger partial charge in [-0.05, 0) is 31.2 Å². The monoisotopic (exact) mass is 328 g/mol. The number of alkyl halides is 1. The van der Waals surface area contributed by atoms with Crippen LogP contribution in [-0.2, 0) is 0 Å². The van der Waals surface area contributed by atoms with Crippen LogP contribution in [0.25, 0.3) is 0 Å². The maximum atomic E-state index is 4.48. The Hall–Kier alpha value is -0.0900. The van der Waals surface area contributed by atoms with Crippen molar-refractivity contribution < 1.29 is 0 Å². The summed E-state index contributed by atoms with van der Waals surface area (Å²) in [6.07, 6.45) is 10.1. The minimum absolute atomic E-state index is 0.453. The number of rotatable bonds is 4. The predicted octanol–water partition coefficient (Wildman–Crippen LogP) is 4.61. The van der Waals surface area contributed by atoms with Crippen LogP contribution in [0.5, 0.6) is 0 Å². The molecule has 1 fully saturated rings. The average Bonchev–Trinajstić information content (AvgIpc) is 2.63. The summed E-state index contributed by atoms with van der Waals surface area (Å²) in [6.45, 7) is 2.03. The number of aryl methyl sites for hydroxylation is 1. The van der Waals surface area contributed by atoms with Crippen LogP contribution >= 0.6 is 27.7 Å². The summed E-state index contributed by atoms with van der Waals surface area (Å²) >= 11 is 5.56. The van der Waals surface area contributed by atoms with Gasteiger partial charge in [-0.15, -0.1) is 0 Å². The van der Waals surface area contributed by atoms with Gasteiger partial charge in [0.15, 0.2) is 5.16 Å². The highest BCUT2D eigenvalue weighted by Crippen LogP contribution is 2.40. The van der Waals surface area contributed by atoms with Crippen LogP contribution in [0.2, 0.25) is 0 Å². The van der Waals surface area contributed by atoms with E-state index in [4.69, 9.17) is 0 Å². The highest BCUT2D eigenvalue weighted by atomic mass is 79.9. The first-order valence-corrected chi connectivity index (χ1v) is 8.83. The highest BCUT2D eigenvalue weighted by molar-refractivity contribution is 9.09. The highest BCUT2D eigenvalue weighted by Gasteiger charge is 2.30. The molecule has 1 aromatic heterocycles. The lowest BCUT2D eigenvalue weighted by molar-refractivity contribution is 0.334. The number of nitrogens with zero attached hydrogens (tertiary/aromatic N) is 2. The predicted molar refractivity (Wildman–Crippen MR) is 81.4 cm³/mol. The van der Waals surface area contributed by atoms with Crippen LogP contribution in [0.3, 0.4) is 0 Å². The molecular weight excluding hydrogens is 308 g/mol. The van der Waals surface area contributed by atoms with Gasteiger partial charge in [0, 0.05) is 23.0 Å². The first-order chi connectivity index (χ1) is 8.74. The maximum absolute atomic E-state index is 4.48. The quantitative estimate of drug-likeness (QED) is 0.349. The summed E-state index contributed by atoms with van der Waals surface area (Å²) in [6, 6.07) is 1.95. The molecule has 1 aromatic rings. The molecule has 0 amide bonds. The summed E-state index contributed by atoms with van der Waals surface area (Å²) in [5, 5.41) is 2.04. The first-order valence-electron chi connectivity index (χ1n) is 6.73. The van der Waals surface area contributed by atoms with Crippen molar-refractivity contribution in [3.05, 3.63) is 18.0 Å². The molecule has 0 bridgehead atoms. The molecule has 18 heavy (non-hydrogen) atoms. The molecule has 0 spiro atoms. The van der Waals surface area contributed by atoms with Crippen molar-refractivity contribution in [3.8, 4) is 0 Å². The molecule has 0 radical (unpaired) electrons. The van der Waals surface area contributed by atoms with E-state index in [1.54, 1.807) is 0 Å². The zero-order valence-electron chi connectivity index (χ0n) is 11.0. The van der Waals surface area contributed by atoms with Crippen molar-refractivity contribution in [2.75, 3.05) is 11.1 Å². The standard InChI is InChI=1S/C14H21BrN2S/c1-12-6-9-16-13(17-12)18-11-14(10-15)7-4-2-3-5-8-14/h6,9H,2-5,7-8,10-11H2,1H3. The lowest BCUT2D eigenvalue weighted by Crippen LogP contribution is -2.25. The third kappa shape index (κ3) is 3.95. The van der Waals surface area contributed by atoms with E-state index in [2.05, 4.69) is 25.9 Å². The van der Waals surface area contributed by atoms with Gasteiger partial charge in [0.25, 0.3) is 0 Å². The molecule has 2 rings (SSSR count). The second-order valence-electron chi connectivity index (χ2n) is 5.32. The Morgan fingerprint density at radius 3 is 2.61 bits per heavy atom. The Morgan fingerprint density at radius 1 is 1.28 bits per heavy atom. The molecule has 2 nitrogen and oxygen atoms in total. The molecule has 1 aliphatic carbocycles. The Balaban J connectivity index is 1.97. The molecule has 4 heteroatoms. The van der Waals surface area contributed by atoms with Crippen LogP contribution in [0.4, 0.5) is 0 Å². The number of hydrogen-bond donors (Lipinski definition) is 0. The van der Waals surface area contributed by atoms with Gasteiger partial charge < -0.3 is 0 Å². The summed E-state index contributed by atoms with van der Waals surface area (Å²) in [5.74, 6) is 1.14. The summed E-state index contributed by atoms with van der Waals surface area (Å²) in [4.78, 5) is 8.83. The molecule has 0 unspecified atom stereocenters. The minimum atomic E-state index is 0.453. The smallest absolute Gasteiger partial charge is 0.187 e. The normalized spacial score (nSPS) is 19.4. The first kappa shape index (κ1) is 14.3. The van der Waals surface area contributed by atoms with Gasteiger partial charge in [-0.1, -0.05) is 53.4 Å². The zero-order valence-corrected chi connectivity index (χ0v) is 13.4. The van der Waals surface area contributed by atoms with Gasteiger partial charge in [-0.2, -0.15) is 0 Å². The van der Waals surface area contributed by atoms with Crippen LogP contribution < -0.4 is 0 Å². The number of aromatic nitrogens is 2. The van der Waals surface area contributed by atoms with Gasteiger partial charge >= 0.3 is 0 Å². The average molecular weight is 329 g/mol. The SMILES string of the molecule is Cc1ccnc(SCC2(CBr)CCCCCC2)n1. The molecule has 0 atom stereocenters. The van der Waals surface area contributed by atoms with Gasteiger partial charge in [0.1, 0.15) is 0 Å². The van der Waals surface area contributed by atoms with Crippen molar-refractivity contribution >= 4 is 27.7 Å². The van der Waals surface area contributed by atoms with Crippen molar-refractivity contribution in [3.63, 3.8) is 0 Å². The van der Waals surface area contributed by atoms with Crippen molar-refractivity contribution in [2.45, 2.75) is 50.6 Å². The van der Waals surface area contributed by atoms with Crippen molar-refractivity contribution in [2.24, 2.45) is 5.41 Å². The fraction of sp³-hybridized carbons (Fsp3) is 0.714. The summed E-state index contributed by atoms with van der Waals surface area (Å²) in [7, 11) is 0. The molecular formula is C14H21BrN2S. The zero-order chi connectivity index (χ0) is 12.8. The third-order valence-corrected chi connectivity index (χ3v) is 6.13. The lowest BCUT2D eigenvalue weighted by atomic mass is 9.85. The van der Waals surface area contributed by atoms with Crippen LogP contribution in [-0.4, -0.2) is 21.1 Å². The number of thioether (sulfide) groups is 1. The molecule has 1 aliphatic rings. The molecule has 100 valence electrons. The number of halogens is 1. The maximum Gasteiger partial charge on any atom is 0.187 e. The van der Waals surface area contributed by atoms with E-state index < -0.39 is 0 Å². The molecule has 0 N–H and O–H groups in total. The Labute approximate surface area is 123 Å². The Morgan fingerprint density at radius 2 is 2.00 bits per heavy atom. The van der Waals surface area contributed by atoms with Crippen molar-refractivity contribution in [1.29, 1.82) is 0 Å². The van der Waals surface area contributed by atoms with E-state index >= 15 is 0 Å². The molecule has 0 saturated heterocycles. The van der Waals surface area contributed by atoms with E-state index in [-0.39, 0.29) is 0 Å². The fourth-order valence-electron chi connectivity index (χ4n) is 2.51. The molecule has 1 heterocycles. The van der Waals surface area contributed by atoms with E-state index in [0.717, 1.165) is 21.9 Å². The third-order valence-electron chi connectivity index (χ3n) is 3.73. The Kier molecular flexibility index (Phi) is 5.49. The Bertz CT molecular complexity index is 376. The van der Waals surface area contributed by atoms with Crippen LogP contribution in [0.1, 0.15) is 44.2 Å². The van der Waals surface area contributed by atoms with E-state index in [1.807, 2.05) is 30.9 Å².